The maximum atomic E-state index is 12.5. The number of carbonyl (C=O) groups excluding carboxylic acids is 1. The fraction of sp³-hybridized carbons (Fsp3) is 0.353. The zero-order valence-electron chi connectivity index (χ0n) is 10.9. The van der Waals surface area contributed by atoms with E-state index in [1.807, 2.05) is 42.5 Å². The lowest BCUT2D eigenvalue weighted by molar-refractivity contribution is 0.0116. The summed E-state index contributed by atoms with van der Waals surface area (Å²) in [5, 5.41) is 12.7. The van der Waals surface area contributed by atoms with Gasteiger partial charge in [-0.2, -0.15) is 0 Å². The first-order valence-corrected chi connectivity index (χ1v) is 6.95. The second-order valence-electron chi connectivity index (χ2n) is 5.48. The Hall–Kier alpha value is -1.67. The lowest BCUT2D eigenvalue weighted by atomic mass is 9.79. The van der Waals surface area contributed by atoms with E-state index in [4.69, 9.17) is 0 Å². The molecule has 0 atom stereocenters. The van der Waals surface area contributed by atoms with Crippen molar-refractivity contribution in [3.63, 3.8) is 0 Å². The van der Waals surface area contributed by atoms with Gasteiger partial charge in [0, 0.05) is 5.56 Å². The molecule has 0 unspecified atom stereocenters. The van der Waals surface area contributed by atoms with E-state index in [1.165, 1.54) is 0 Å². The number of rotatable bonds is 2. The Morgan fingerprint density at radius 3 is 2.37 bits per heavy atom. The summed E-state index contributed by atoms with van der Waals surface area (Å²) in [4.78, 5) is 12.5. The summed E-state index contributed by atoms with van der Waals surface area (Å²) in [7, 11) is 0. The molecule has 1 saturated carbocycles. The van der Waals surface area contributed by atoms with Crippen LogP contribution < -0.4 is 0 Å². The van der Waals surface area contributed by atoms with Crippen LogP contribution in [0.2, 0.25) is 0 Å². The molecule has 98 valence electrons. The van der Waals surface area contributed by atoms with Crippen molar-refractivity contribution in [1.82, 2.24) is 0 Å². The van der Waals surface area contributed by atoms with Gasteiger partial charge in [-0.25, -0.2) is 0 Å². The Kier molecular flexibility index (Phi) is 3.11. The third-order valence-electron chi connectivity index (χ3n) is 4.12. The second-order valence-corrected chi connectivity index (χ2v) is 5.48. The Morgan fingerprint density at radius 1 is 0.947 bits per heavy atom. The Balaban J connectivity index is 1.97. The van der Waals surface area contributed by atoms with Crippen LogP contribution in [0.15, 0.2) is 42.5 Å². The first-order chi connectivity index (χ1) is 9.19. The van der Waals surface area contributed by atoms with Crippen LogP contribution in [-0.4, -0.2) is 16.5 Å². The molecule has 0 aromatic heterocycles. The summed E-state index contributed by atoms with van der Waals surface area (Å²) in [5.41, 5.74) is -0.510. The molecule has 2 nitrogen and oxygen atoms in total. The van der Waals surface area contributed by atoms with Gasteiger partial charge in [0.25, 0.3) is 0 Å². The van der Waals surface area contributed by atoms with Crippen molar-refractivity contribution < 1.29 is 9.90 Å². The van der Waals surface area contributed by atoms with Gasteiger partial charge in [0.15, 0.2) is 5.78 Å². The maximum Gasteiger partial charge on any atom is 0.194 e. The fourth-order valence-electron chi connectivity index (χ4n) is 2.96. The van der Waals surface area contributed by atoms with Crippen LogP contribution in [0.25, 0.3) is 10.8 Å². The molecule has 2 aromatic rings. The first kappa shape index (κ1) is 12.4. The lowest BCUT2D eigenvalue weighted by Gasteiger charge is -2.30. The smallest absolute Gasteiger partial charge is 0.194 e. The first-order valence-electron chi connectivity index (χ1n) is 6.95. The molecule has 0 aliphatic heterocycles. The van der Waals surface area contributed by atoms with Crippen LogP contribution in [0.5, 0.6) is 0 Å². The van der Waals surface area contributed by atoms with Crippen molar-refractivity contribution >= 4 is 16.6 Å². The zero-order valence-corrected chi connectivity index (χ0v) is 10.9. The van der Waals surface area contributed by atoms with Gasteiger partial charge in [-0.15, -0.1) is 0 Å². The highest BCUT2D eigenvalue weighted by molar-refractivity contribution is 6.04. The quantitative estimate of drug-likeness (QED) is 0.829. The van der Waals surface area contributed by atoms with Crippen molar-refractivity contribution in [3.8, 4) is 0 Å². The molecule has 2 aromatic carbocycles. The third kappa shape index (κ3) is 2.28. The molecule has 1 fully saturated rings. The normalized spacial score (nSPS) is 18.4. The van der Waals surface area contributed by atoms with Gasteiger partial charge < -0.3 is 5.11 Å². The highest BCUT2D eigenvalue weighted by atomic mass is 16.3. The Labute approximate surface area is 113 Å². The van der Waals surface area contributed by atoms with Gasteiger partial charge in [-0.3, -0.25) is 4.79 Å². The van der Waals surface area contributed by atoms with Gasteiger partial charge in [-0.1, -0.05) is 55.7 Å². The van der Waals surface area contributed by atoms with E-state index in [0.29, 0.717) is 18.4 Å². The molecule has 1 aliphatic rings. The van der Waals surface area contributed by atoms with Crippen LogP contribution in [0.1, 0.15) is 42.5 Å². The van der Waals surface area contributed by atoms with E-state index >= 15 is 0 Å². The van der Waals surface area contributed by atoms with Crippen molar-refractivity contribution in [2.24, 2.45) is 0 Å². The fourth-order valence-corrected chi connectivity index (χ4v) is 2.96. The molecule has 19 heavy (non-hydrogen) atoms. The summed E-state index contributed by atoms with van der Waals surface area (Å²) in [6, 6.07) is 13.6. The van der Waals surface area contributed by atoms with Crippen molar-refractivity contribution in [2.75, 3.05) is 0 Å². The minimum Gasteiger partial charge on any atom is -0.382 e. The molecule has 1 N–H and O–H groups in total. The molecule has 0 heterocycles. The second kappa shape index (κ2) is 4.78. The average molecular weight is 254 g/mol. The van der Waals surface area contributed by atoms with E-state index in [-0.39, 0.29) is 5.78 Å². The summed E-state index contributed by atoms with van der Waals surface area (Å²) in [5.74, 6) is -0.113. The summed E-state index contributed by atoms with van der Waals surface area (Å²) in [6.45, 7) is 0. The molecule has 0 spiro atoms. The number of Topliss-reactive ketones (excluding diaryl/α,β-unsaturated/α-hetero) is 1. The van der Waals surface area contributed by atoms with Crippen molar-refractivity contribution in [1.29, 1.82) is 0 Å². The highest BCUT2D eigenvalue weighted by Gasteiger charge is 2.37. The van der Waals surface area contributed by atoms with Gasteiger partial charge in [0.2, 0.25) is 0 Å². The molecule has 0 radical (unpaired) electrons. The van der Waals surface area contributed by atoms with E-state index < -0.39 is 5.60 Å². The van der Waals surface area contributed by atoms with Crippen molar-refractivity contribution in [2.45, 2.75) is 37.7 Å². The topological polar surface area (TPSA) is 37.3 Å². The number of benzene rings is 2. The number of fused-ring (bicyclic) bond motifs is 1. The maximum absolute atomic E-state index is 12.5. The van der Waals surface area contributed by atoms with E-state index in [2.05, 4.69) is 0 Å². The van der Waals surface area contributed by atoms with Crippen LogP contribution >= 0.6 is 0 Å². The van der Waals surface area contributed by atoms with Gasteiger partial charge in [0.05, 0.1) is 0 Å². The van der Waals surface area contributed by atoms with E-state index in [0.717, 1.165) is 30.0 Å². The standard InChI is InChI=1S/C17H18O2/c18-16(17(19)10-4-1-5-11-17)15-9-8-13-6-2-3-7-14(13)12-15/h2-3,6-9,12,19H,1,4-5,10-11H2. The monoisotopic (exact) mass is 254 g/mol. The molecule has 0 saturated heterocycles. The molecular formula is C17H18O2. The number of ketones is 1. The Morgan fingerprint density at radius 2 is 1.63 bits per heavy atom. The number of aliphatic hydroxyl groups is 1. The third-order valence-corrected chi connectivity index (χ3v) is 4.12. The Bertz CT molecular complexity index is 609. The minimum absolute atomic E-state index is 0.113. The number of carbonyl (C=O) groups is 1. The molecule has 2 heteroatoms. The predicted molar refractivity (Wildman–Crippen MR) is 76.3 cm³/mol. The SMILES string of the molecule is O=C(c1ccc2ccccc2c1)C1(O)CCCCC1. The van der Waals surface area contributed by atoms with Crippen LogP contribution in [0.4, 0.5) is 0 Å². The van der Waals surface area contributed by atoms with Crippen LogP contribution in [-0.2, 0) is 0 Å². The lowest BCUT2D eigenvalue weighted by Crippen LogP contribution is -2.40. The van der Waals surface area contributed by atoms with Gasteiger partial charge >= 0.3 is 0 Å². The largest absolute Gasteiger partial charge is 0.382 e. The van der Waals surface area contributed by atoms with E-state index in [1.54, 1.807) is 0 Å². The molecule has 3 rings (SSSR count). The molecular weight excluding hydrogens is 236 g/mol. The summed E-state index contributed by atoms with van der Waals surface area (Å²) < 4.78 is 0. The van der Waals surface area contributed by atoms with Crippen LogP contribution in [0, 0.1) is 0 Å². The van der Waals surface area contributed by atoms with Crippen LogP contribution in [0.3, 0.4) is 0 Å². The average Bonchev–Trinajstić information content (AvgIpc) is 2.47. The zero-order chi connectivity index (χ0) is 13.3. The molecule has 0 bridgehead atoms. The van der Waals surface area contributed by atoms with E-state index in [9.17, 15) is 9.90 Å². The van der Waals surface area contributed by atoms with Gasteiger partial charge in [0.1, 0.15) is 5.60 Å². The number of hydrogen-bond acceptors (Lipinski definition) is 2. The molecule has 0 amide bonds. The summed E-state index contributed by atoms with van der Waals surface area (Å²) >= 11 is 0. The van der Waals surface area contributed by atoms with Gasteiger partial charge in [-0.05, 0) is 29.7 Å². The predicted octanol–water partition coefficient (Wildman–Crippen LogP) is 3.72. The minimum atomic E-state index is -1.14. The molecule has 1 aliphatic carbocycles. The summed E-state index contributed by atoms with van der Waals surface area (Å²) in [6.07, 6.45) is 4.19. The van der Waals surface area contributed by atoms with Crippen molar-refractivity contribution in [3.05, 3.63) is 48.0 Å². The highest BCUT2D eigenvalue weighted by Crippen LogP contribution is 2.31. The number of hydrogen-bond donors (Lipinski definition) is 1.